The molecule has 0 bridgehead atoms. The molecule has 1 N–H and O–H groups in total. The molecule has 0 aliphatic heterocycles. The minimum absolute atomic E-state index is 0.417. The van der Waals surface area contributed by atoms with Gasteiger partial charge in [-0.25, -0.2) is 0 Å². The summed E-state index contributed by atoms with van der Waals surface area (Å²) in [6.45, 7) is 4.77. The lowest BCUT2D eigenvalue weighted by Gasteiger charge is -2.15. The number of hydrogen-bond donors (Lipinski definition) is 1. The quantitative estimate of drug-likeness (QED) is 0.889. The van der Waals surface area contributed by atoms with E-state index in [2.05, 4.69) is 5.10 Å². The van der Waals surface area contributed by atoms with E-state index in [0.717, 1.165) is 29.9 Å². The molecule has 1 atom stereocenters. The van der Waals surface area contributed by atoms with Gasteiger partial charge in [0.05, 0.1) is 29.6 Å². The van der Waals surface area contributed by atoms with Gasteiger partial charge in [0.15, 0.2) is 0 Å². The summed E-state index contributed by atoms with van der Waals surface area (Å²) in [5.41, 5.74) is 2.51. The minimum atomic E-state index is -0.676. The predicted molar refractivity (Wildman–Crippen MR) is 83.9 cm³/mol. The highest BCUT2D eigenvalue weighted by atomic mass is 35.5. The third kappa shape index (κ3) is 3.22. The van der Waals surface area contributed by atoms with Crippen molar-refractivity contribution in [1.29, 1.82) is 0 Å². The van der Waals surface area contributed by atoms with Crippen LogP contribution in [0.2, 0.25) is 5.02 Å². The molecule has 2 rings (SSSR count). The van der Waals surface area contributed by atoms with Crippen molar-refractivity contribution in [3.05, 3.63) is 46.2 Å². The highest BCUT2D eigenvalue weighted by Gasteiger charge is 2.20. The van der Waals surface area contributed by atoms with Crippen molar-refractivity contribution in [2.45, 2.75) is 39.3 Å². The molecule has 21 heavy (non-hydrogen) atoms. The van der Waals surface area contributed by atoms with Crippen LogP contribution in [0.3, 0.4) is 0 Å². The van der Waals surface area contributed by atoms with Gasteiger partial charge in [0.25, 0.3) is 0 Å². The summed E-state index contributed by atoms with van der Waals surface area (Å²) in [5.74, 6) is 0.680. The molecular weight excluding hydrogens is 288 g/mol. The fraction of sp³-hybridized carbons (Fsp3) is 0.438. The summed E-state index contributed by atoms with van der Waals surface area (Å²) in [6, 6.07) is 7.48. The molecular formula is C16H21ClN2O2. The van der Waals surface area contributed by atoms with Crippen LogP contribution in [0.25, 0.3) is 0 Å². The van der Waals surface area contributed by atoms with Gasteiger partial charge < -0.3 is 9.84 Å². The van der Waals surface area contributed by atoms with E-state index >= 15 is 0 Å². The average molecular weight is 309 g/mol. The summed E-state index contributed by atoms with van der Waals surface area (Å²) < 4.78 is 7.16. The monoisotopic (exact) mass is 308 g/mol. The van der Waals surface area contributed by atoms with E-state index in [1.54, 1.807) is 7.11 Å². The number of hydrogen-bond acceptors (Lipinski definition) is 3. The number of nitrogens with zero attached hydrogens (tertiary/aromatic N) is 2. The van der Waals surface area contributed by atoms with Crippen molar-refractivity contribution in [1.82, 2.24) is 9.78 Å². The van der Waals surface area contributed by atoms with Crippen LogP contribution in [0.5, 0.6) is 5.75 Å². The van der Waals surface area contributed by atoms with E-state index < -0.39 is 6.10 Å². The van der Waals surface area contributed by atoms with Gasteiger partial charge in [-0.2, -0.15) is 5.10 Å². The van der Waals surface area contributed by atoms with Crippen molar-refractivity contribution in [3.8, 4) is 5.75 Å². The molecule has 2 aromatic rings. The molecule has 0 saturated heterocycles. The van der Waals surface area contributed by atoms with E-state index in [-0.39, 0.29) is 0 Å². The van der Waals surface area contributed by atoms with Crippen LogP contribution in [0.15, 0.2) is 24.3 Å². The molecule has 0 aliphatic rings. The van der Waals surface area contributed by atoms with Gasteiger partial charge in [-0.3, -0.25) is 4.68 Å². The number of para-hydroxylation sites is 1. The second-order valence-corrected chi connectivity index (χ2v) is 5.22. The Balaban J connectivity index is 2.31. The van der Waals surface area contributed by atoms with E-state index in [0.29, 0.717) is 17.2 Å². The number of aliphatic hydroxyl groups excluding tert-OH is 1. The Morgan fingerprint density at radius 3 is 2.67 bits per heavy atom. The molecule has 0 radical (unpaired) electrons. The summed E-state index contributed by atoms with van der Waals surface area (Å²) in [6.07, 6.45) is 0.522. The molecule has 0 fully saturated rings. The van der Waals surface area contributed by atoms with Gasteiger partial charge in [0, 0.05) is 18.5 Å². The highest BCUT2D eigenvalue weighted by Crippen LogP contribution is 2.30. The normalized spacial score (nSPS) is 12.4. The first-order chi connectivity index (χ1) is 10.1. The zero-order chi connectivity index (χ0) is 15.4. The number of rotatable bonds is 6. The van der Waals surface area contributed by atoms with Gasteiger partial charge in [-0.1, -0.05) is 36.7 Å². The Labute approximate surface area is 130 Å². The Hall–Kier alpha value is -1.52. The molecule has 5 heteroatoms. The van der Waals surface area contributed by atoms with Crippen LogP contribution in [-0.4, -0.2) is 22.0 Å². The standard InChI is InChI=1S/C16H21ClN2O2/c1-4-12-16(17)13(19(5-2)18-12)10-14(20)11-8-6-7-9-15(11)21-3/h6-9,14,20H,4-5,10H2,1-3H3. The van der Waals surface area contributed by atoms with Crippen molar-refractivity contribution >= 4 is 11.6 Å². The maximum absolute atomic E-state index is 10.5. The molecule has 4 nitrogen and oxygen atoms in total. The first-order valence-electron chi connectivity index (χ1n) is 7.17. The SMILES string of the molecule is CCc1nn(CC)c(CC(O)c2ccccc2OC)c1Cl. The van der Waals surface area contributed by atoms with E-state index in [1.165, 1.54) is 0 Å². The van der Waals surface area contributed by atoms with Crippen molar-refractivity contribution in [2.24, 2.45) is 0 Å². The van der Waals surface area contributed by atoms with Gasteiger partial charge in [-0.15, -0.1) is 0 Å². The first-order valence-corrected chi connectivity index (χ1v) is 7.55. The number of methoxy groups -OCH3 is 1. The van der Waals surface area contributed by atoms with Crippen LogP contribution >= 0.6 is 11.6 Å². The van der Waals surface area contributed by atoms with Crippen molar-refractivity contribution in [2.75, 3.05) is 7.11 Å². The van der Waals surface area contributed by atoms with Crippen LogP contribution in [0, 0.1) is 0 Å². The zero-order valence-electron chi connectivity index (χ0n) is 12.6. The molecule has 1 aromatic heterocycles. The fourth-order valence-electron chi connectivity index (χ4n) is 2.45. The molecule has 1 aromatic carbocycles. The van der Waals surface area contributed by atoms with Crippen molar-refractivity contribution < 1.29 is 9.84 Å². The molecule has 1 heterocycles. The van der Waals surface area contributed by atoms with Crippen LogP contribution in [-0.2, 0) is 19.4 Å². The Morgan fingerprint density at radius 2 is 2.05 bits per heavy atom. The van der Waals surface area contributed by atoms with E-state index in [1.807, 2.05) is 42.8 Å². The van der Waals surface area contributed by atoms with Gasteiger partial charge in [-0.05, 0) is 19.4 Å². The predicted octanol–water partition coefficient (Wildman–Crippen LogP) is 3.40. The van der Waals surface area contributed by atoms with Gasteiger partial charge >= 0.3 is 0 Å². The third-order valence-electron chi connectivity index (χ3n) is 3.58. The summed E-state index contributed by atoms with van der Waals surface area (Å²) in [4.78, 5) is 0. The Morgan fingerprint density at radius 1 is 1.33 bits per heavy atom. The van der Waals surface area contributed by atoms with Gasteiger partial charge in [0.1, 0.15) is 5.75 Å². The minimum Gasteiger partial charge on any atom is -0.496 e. The summed E-state index contributed by atoms with van der Waals surface area (Å²) in [5, 5.41) is 15.7. The number of aryl methyl sites for hydroxylation is 2. The van der Waals surface area contributed by atoms with Crippen LogP contribution in [0.1, 0.15) is 36.9 Å². The van der Waals surface area contributed by atoms with Crippen LogP contribution < -0.4 is 4.74 Å². The maximum atomic E-state index is 10.5. The van der Waals surface area contributed by atoms with Crippen molar-refractivity contribution in [3.63, 3.8) is 0 Å². The van der Waals surface area contributed by atoms with Gasteiger partial charge in [0.2, 0.25) is 0 Å². The Bertz CT molecular complexity index is 610. The number of ether oxygens (including phenoxy) is 1. The maximum Gasteiger partial charge on any atom is 0.124 e. The number of halogens is 1. The summed E-state index contributed by atoms with van der Waals surface area (Å²) >= 11 is 6.39. The number of aromatic nitrogens is 2. The number of aliphatic hydroxyl groups is 1. The topological polar surface area (TPSA) is 47.3 Å². The second-order valence-electron chi connectivity index (χ2n) is 4.84. The lowest BCUT2D eigenvalue weighted by molar-refractivity contribution is 0.171. The largest absolute Gasteiger partial charge is 0.496 e. The third-order valence-corrected chi connectivity index (χ3v) is 4.02. The highest BCUT2D eigenvalue weighted by molar-refractivity contribution is 6.31. The Kier molecular flexibility index (Phi) is 5.26. The fourth-order valence-corrected chi connectivity index (χ4v) is 2.79. The molecule has 0 aliphatic carbocycles. The number of benzene rings is 1. The van der Waals surface area contributed by atoms with E-state index in [4.69, 9.17) is 16.3 Å². The molecule has 0 saturated carbocycles. The zero-order valence-corrected chi connectivity index (χ0v) is 13.4. The lowest BCUT2D eigenvalue weighted by atomic mass is 10.0. The van der Waals surface area contributed by atoms with E-state index in [9.17, 15) is 5.11 Å². The first kappa shape index (κ1) is 15.9. The average Bonchev–Trinajstić information content (AvgIpc) is 2.83. The smallest absolute Gasteiger partial charge is 0.124 e. The molecule has 114 valence electrons. The second kappa shape index (κ2) is 6.96. The molecule has 0 spiro atoms. The lowest BCUT2D eigenvalue weighted by Crippen LogP contribution is -2.09. The summed E-state index contributed by atoms with van der Waals surface area (Å²) in [7, 11) is 1.60. The van der Waals surface area contributed by atoms with Crippen LogP contribution in [0.4, 0.5) is 0 Å². The molecule has 1 unspecified atom stereocenters. The molecule has 0 amide bonds.